The Kier molecular flexibility index (Phi) is 3.83. The fourth-order valence-corrected chi connectivity index (χ4v) is 2.70. The standard InChI is InChI=1S/C16H23NO2/c1-5-16(6-2)15(3,4)19-17-14(18-16)12-13-10-8-7-9-11-13/h7-11H,5-6,12H2,1-4H3. The largest absolute Gasteiger partial charge is 0.467 e. The number of nitrogens with zero attached hydrogens (tertiary/aromatic N) is 1. The van der Waals surface area contributed by atoms with Crippen LogP contribution in [0.2, 0.25) is 0 Å². The summed E-state index contributed by atoms with van der Waals surface area (Å²) < 4.78 is 6.22. The maximum atomic E-state index is 6.22. The van der Waals surface area contributed by atoms with Gasteiger partial charge in [0.15, 0.2) is 11.2 Å². The molecule has 0 spiro atoms. The van der Waals surface area contributed by atoms with Crippen molar-refractivity contribution >= 4 is 5.90 Å². The summed E-state index contributed by atoms with van der Waals surface area (Å²) in [4.78, 5) is 5.71. The molecule has 1 aliphatic rings. The van der Waals surface area contributed by atoms with Crippen molar-refractivity contribution in [3.05, 3.63) is 35.9 Å². The molecule has 3 nitrogen and oxygen atoms in total. The fraction of sp³-hybridized carbons (Fsp3) is 0.562. The molecule has 19 heavy (non-hydrogen) atoms. The Bertz CT molecular complexity index is 447. The topological polar surface area (TPSA) is 30.8 Å². The van der Waals surface area contributed by atoms with E-state index in [1.54, 1.807) is 0 Å². The van der Waals surface area contributed by atoms with E-state index in [0.717, 1.165) is 12.8 Å². The summed E-state index contributed by atoms with van der Waals surface area (Å²) in [6.45, 7) is 8.37. The van der Waals surface area contributed by atoms with Gasteiger partial charge in [0.2, 0.25) is 5.90 Å². The van der Waals surface area contributed by atoms with Gasteiger partial charge in [0.05, 0.1) is 6.42 Å². The maximum Gasteiger partial charge on any atom is 0.230 e. The fourth-order valence-electron chi connectivity index (χ4n) is 2.70. The van der Waals surface area contributed by atoms with Crippen molar-refractivity contribution in [1.82, 2.24) is 0 Å². The molecule has 0 bridgehead atoms. The van der Waals surface area contributed by atoms with Gasteiger partial charge in [-0.25, -0.2) is 0 Å². The molecule has 1 aliphatic heterocycles. The molecule has 3 heteroatoms. The number of oxime groups is 1. The van der Waals surface area contributed by atoms with Gasteiger partial charge in [0, 0.05) is 0 Å². The third-order valence-corrected chi connectivity index (χ3v) is 4.13. The molecule has 0 fully saturated rings. The highest BCUT2D eigenvalue weighted by atomic mass is 16.7. The highest BCUT2D eigenvalue weighted by Crippen LogP contribution is 2.39. The Balaban J connectivity index is 2.19. The van der Waals surface area contributed by atoms with Crippen LogP contribution < -0.4 is 0 Å². The van der Waals surface area contributed by atoms with Crippen molar-refractivity contribution in [3.63, 3.8) is 0 Å². The predicted molar refractivity (Wildman–Crippen MR) is 77.1 cm³/mol. The third kappa shape index (κ3) is 2.60. The van der Waals surface area contributed by atoms with Crippen LogP contribution in [0.4, 0.5) is 0 Å². The normalized spacial score (nSPS) is 20.1. The molecule has 2 rings (SSSR count). The number of hydrogen-bond acceptors (Lipinski definition) is 3. The number of hydrogen-bond donors (Lipinski definition) is 0. The van der Waals surface area contributed by atoms with Gasteiger partial charge in [-0.1, -0.05) is 49.3 Å². The van der Waals surface area contributed by atoms with E-state index in [9.17, 15) is 0 Å². The minimum Gasteiger partial charge on any atom is -0.467 e. The smallest absolute Gasteiger partial charge is 0.230 e. The van der Waals surface area contributed by atoms with Crippen LogP contribution in [-0.2, 0) is 16.0 Å². The first kappa shape index (κ1) is 13.9. The Labute approximate surface area is 115 Å². The number of ether oxygens (including phenoxy) is 1. The first-order chi connectivity index (χ1) is 9.03. The van der Waals surface area contributed by atoms with Gasteiger partial charge < -0.3 is 9.57 Å². The lowest BCUT2D eigenvalue weighted by Gasteiger charge is -2.46. The van der Waals surface area contributed by atoms with Crippen LogP contribution in [0.1, 0.15) is 46.1 Å². The highest BCUT2D eigenvalue weighted by molar-refractivity contribution is 5.79. The second kappa shape index (κ2) is 5.24. The highest BCUT2D eigenvalue weighted by Gasteiger charge is 2.50. The first-order valence-corrected chi connectivity index (χ1v) is 7.01. The van der Waals surface area contributed by atoms with Gasteiger partial charge in [0.1, 0.15) is 0 Å². The minimum absolute atomic E-state index is 0.293. The second-order valence-electron chi connectivity index (χ2n) is 5.55. The molecule has 104 valence electrons. The van der Waals surface area contributed by atoms with Crippen molar-refractivity contribution in [1.29, 1.82) is 0 Å². The van der Waals surface area contributed by atoms with Gasteiger partial charge in [-0.2, -0.15) is 0 Å². The van der Waals surface area contributed by atoms with Crippen molar-refractivity contribution in [3.8, 4) is 0 Å². The molecule has 0 N–H and O–H groups in total. The van der Waals surface area contributed by atoms with Gasteiger partial charge in [-0.15, -0.1) is 0 Å². The number of benzene rings is 1. The van der Waals surface area contributed by atoms with E-state index in [-0.39, 0.29) is 5.60 Å². The lowest BCUT2D eigenvalue weighted by atomic mass is 9.80. The van der Waals surface area contributed by atoms with E-state index >= 15 is 0 Å². The van der Waals surface area contributed by atoms with Crippen LogP contribution in [-0.4, -0.2) is 17.1 Å². The van der Waals surface area contributed by atoms with Crippen LogP contribution in [0, 0.1) is 0 Å². The second-order valence-corrected chi connectivity index (χ2v) is 5.55. The Morgan fingerprint density at radius 2 is 1.68 bits per heavy atom. The molecule has 0 aromatic heterocycles. The molecule has 0 atom stereocenters. The van der Waals surface area contributed by atoms with E-state index in [0.29, 0.717) is 12.3 Å². The van der Waals surface area contributed by atoms with Crippen molar-refractivity contribution in [2.45, 2.75) is 58.2 Å². The van der Waals surface area contributed by atoms with Crippen molar-refractivity contribution < 1.29 is 9.57 Å². The SMILES string of the molecule is CCC1(CC)OC(Cc2ccccc2)=NOC1(C)C. The van der Waals surface area contributed by atoms with Crippen LogP contribution in [0.15, 0.2) is 35.5 Å². The van der Waals surface area contributed by atoms with E-state index in [1.165, 1.54) is 5.56 Å². The average molecular weight is 261 g/mol. The molecule has 0 unspecified atom stereocenters. The van der Waals surface area contributed by atoms with E-state index in [4.69, 9.17) is 9.57 Å². The average Bonchev–Trinajstić information content (AvgIpc) is 2.42. The predicted octanol–water partition coefficient (Wildman–Crippen LogP) is 3.93. The summed E-state index contributed by atoms with van der Waals surface area (Å²) in [5.41, 5.74) is 0.501. The lowest BCUT2D eigenvalue weighted by Crippen LogP contribution is -2.56. The number of rotatable bonds is 4. The van der Waals surface area contributed by atoms with Gasteiger partial charge in [-0.05, 0) is 32.3 Å². The van der Waals surface area contributed by atoms with Crippen molar-refractivity contribution in [2.75, 3.05) is 0 Å². The van der Waals surface area contributed by atoms with Crippen LogP contribution in [0.5, 0.6) is 0 Å². The zero-order valence-corrected chi connectivity index (χ0v) is 12.3. The molecular weight excluding hydrogens is 238 g/mol. The molecule has 1 heterocycles. The Hall–Kier alpha value is -1.51. The summed E-state index contributed by atoms with van der Waals surface area (Å²) in [6.07, 6.45) is 2.49. The third-order valence-electron chi connectivity index (χ3n) is 4.13. The summed E-state index contributed by atoms with van der Waals surface area (Å²) >= 11 is 0. The zero-order chi connectivity index (χ0) is 13.9. The monoisotopic (exact) mass is 261 g/mol. The van der Waals surface area contributed by atoms with Crippen molar-refractivity contribution in [2.24, 2.45) is 5.16 Å². The summed E-state index contributed by atoms with van der Waals surface area (Å²) in [5.74, 6) is 0.675. The molecule has 0 radical (unpaired) electrons. The summed E-state index contributed by atoms with van der Waals surface area (Å²) in [6, 6.07) is 10.2. The van der Waals surface area contributed by atoms with Gasteiger partial charge in [0.25, 0.3) is 0 Å². The van der Waals surface area contributed by atoms with Crippen LogP contribution in [0.3, 0.4) is 0 Å². The molecule has 1 aromatic rings. The lowest BCUT2D eigenvalue weighted by molar-refractivity contribution is -0.186. The quantitative estimate of drug-likeness (QED) is 0.822. The molecule has 0 aliphatic carbocycles. The zero-order valence-electron chi connectivity index (χ0n) is 12.3. The summed E-state index contributed by atoms with van der Waals surface area (Å²) in [7, 11) is 0. The summed E-state index contributed by atoms with van der Waals surface area (Å²) in [5, 5.41) is 4.16. The van der Waals surface area contributed by atoms with E-state index in [2.05, 4.69) is 31.1 Å². The minimum atomic E-state index is -0.392. The maximum absolute atomic E-state index is 6.22. The van der Waals surface area contributed by atoms with Crippen LogP contribution >= 0.6 is 0 Å². The molecule has 0 saturated heterocycles. The van der Waals surface area contributed by atoms with Gasteiger partial charge >= 0.3 is 0 Å². The van der Waals surface area contributed by atoms with Gasteiger partial charge in [-0.3, -0.25) is 0 Å². The van der Waals surface area contributed by atoms with Crippen LogP contribution in [0.25, 0.3) is 0 Å². The van der Waals surface area contributed by atoms with E-state index in [1.807, 2.05) is 32.0 Å². The molecule has 0 amide bonds. The molecular formula is C16H23NO2. The molecule has 1 aromatic carbocycles. The van der Waals surface area contributed by atoms with E-state index < -0.39 is 5.60 Å². The Morgan fingerprint density at radius 1 is 1.05 bits per heavy atom. The molecule has 0 saturated carbocycles. The first-order valence-electron chi connectivity index (χ1n) is 7.01. The Morgan fingerprint density at radius 3 is 2.26 bits per heavy atom.